The van der Waals surface area contributed by atoms with Gasteiger partial charge in [-0.05, 0) is 51.8 Å². The number of aryl methyl sites for hydroxylation is 1. The van der Waals surface area contributed by atoms with Crippen LogP contribution in [0.2, 0.25) is 0 Å². The number of hydrogen-bond acceptors (Lipinski definition) is 4. The summed E-state index contributed by atoms with van der Waals surface area (Å²) in [4.78, 5) is 14.6. The second-order valence-corrected chi connectivity index (χ2v) is 8.59. The number of furan rings is 1. The van der Waals surface area contributed by atoms with E-state index in [2.05, 4.69) is 0 Å². The van der Waals surface area contributed by atoms with E-state index in [0.29, 0.717) is 42.7 Å². The molecule has 26 heavy (non-hydrogen) atoms. The molecule has 2 heterocycles. The van der Waals surface area contributed by atoms with E-state index in [4.69, 9.17) is 4.42 Å². The van der Waals surface area contributed by atoms with E-state index < -0.39 is 10.0 Å². The molecule has 1 fully saturated rings. The first-order valence-corrected chi connectivity index (χ1v) is 10.7. The predicted octanol–water partition coefficient (Wildman–Crippen LogP) is 3.40. The van der Waals surface area contributed by atoms with Gasteiger partial charge in [-0.2, -0.15) is 4.31 Å². The third-order valence-electron chi connectivity index (χ3n) is 5.11. The van der Waals surface area contributed by atoms with Gasteiger partial charge in [0, 0.05) is 37.1 Å². The second kappa shape index (κ2) is 7.40. The number of amides is 1. The molecule has 1 aromatic carbocycles. The fourth-order valence-corrected chi connectivity index (χ4v) is 5.02. The maximum absolute atomic E-state index is 12.9. The zero-order chi connectivity index (χ0) is 18.9. The van der Waals surface area contributed by atoms with Crippen molar-refractivity contribution in [1.82, 2.24) is 9.21 Å². The number of rotatable bonds is 5. The molecule has 2 aromatic rings. The normalized spacial score (nSPS) is 16.1. The Hall–Kier alpha value is -1.86. The summed E-state index contributed by atoms with van der Waals surface area (Å²) in [5.41, 5.74) is 1.23. The molecule has 1 aromatic heterocycles. The van der Waals surface area contributed by atoms with E-state index >= 15 is 0 Å². The smallest absolute Gasteiger partial charge is 0.289 e. The molecule has 1 amide bonds. The zero-order valence-electron chi connectivity index (χ0n) is 15.6. The summed E-state index contributed by atoms with van der Waals surface area (Å²) in [6, 6.07) is 4.86. The van der Waals surface area contributed by atoms with Crippen LogP contribution in [-0.2, 0) is 10.0 Å². The van der Waals surface area contributed by atoms with Crippen molar-refractivity contribution in [2.24, 2.45) is 0 Å². The minimum atomic E-state index is -3.51. The number of nitrogens with zero attached hydrogens (tertiary/aromatic N) is 2. The fraction of sp³-hybridized carbons (Fsp3) is 0.526. The van der Waals surface area contributed by atoms with E-state index in [1.807, 2.05) is 13.8 Å². The second-order valence-electron chi connectivity index (χ2n) is 6.66. The van der Waals surface area contributed by atoms with Crippen molar-refractivity contribution in [3.63, 3.8) is 0 Å². The average molecular weight is 378 g/mol. The Bertz CT molecular complexity index is 907. The molecule has 0 spiro atoms. The standard InChI is InChI=1S/C19H26N2O4S/c1-4-20(5-2)19(22)18-14(3)16-13-15(9-10-17(16)25-18)26(23,24)21-11-7-6-8-12-21/h9-10,13H,4-8,11-12H2,1-3H3. The van der Waals surface area contributed by atoms with Gasteiger partial charge in [0.1, 0.15) is 5.58 Å². The third-order valence-corrected chi connectivity index (χ3v) is 7.00. The van der Waals surface area contributed by atoms with Crippen molar-refractivity contribution in [3.8, 4) is 0 Å². The number of sulfonamides is 1. The van der Waals surface area contributed by atoms with Crippen LogP contribution in [0.15, 0.2) is 27.5 Å². The van der Waals surface area contributed by atoms with Crippen molar-refractivity contribution in [3.05, 3.63) is 29.5 Å². The maximum Gasteiger partial charge on any atom is 0.289 e. The molecular formula is C19H26N2O4S. The number of hydrogen-bond donors (Lipinski definition) is 0. The third kappa shape index (κ3) is 3.25. The van der Waals surface area contributed by atoms with E-state index in [0.717, 1.165) is 19.3 Å². The molecule has 0 atom stereocenters. The van der Waals surface area contributed by atoms with Crippen LogP contribution >= 0.6 is 0 Å². The van der Waals surface area contributed by atoms with Gasteiger partial charge in [-0.25, -0.2) is 8.42 Å². The van der Waals surface area contributed by atoms with E-state index in [9.17, 15) is 13.2 Å². The van der Waals surface area contributed by atoms with Gasteiger partial charge in [-0.15, -0.1) is 0 Å². The quantitative estimate of drug-likeness (QED) is 0.799. The van der Waals surface area contributed by atoms with E-state index in [1.165, 1.54) is 0 Å². The Labute approximate surface area is 154 Å². The summed E-state index contributed by atoms with van der Waals surface area (Å²) in [5.74, 6) is 0.125. The Kier molecular flexibility index (Phi) is 5.39. The van der Waals surface area contributed by atoms with Gasteiger partial charge < -0.3 is 9.32 Å². The highest BCUT2D eigenvalue weighted by molar-refractivity contribution is 7.89. The van der Waals surface area contributed by atoms with Gasteiger partial charge >= 0.3 is 0 Å². The van der Waals surface area contributed by atoms with Crippen LogP contribution in [0.5, 0.6) is 0 Å². The zero-order valence-corrected chi connectivity index (χ0v) is 16.4. The summed E-state index contributed by atoms with van der Waals surface area (Å²) in [7, 11) is -3.51. The highest BCUT2D eigenvalue weighted by atomic mass is 32.2. The molecule has 0 bridgehead atoms. The van der Waals surface area contributed by atoms with Gasteiger partial charge in [0.15, 0.2) is 5.76 Å². The summed E-state index contributed by atoms with van der Waals surface area (Å²) < 4.78 is 33.1. The van der Waals surface area contributed by atoms with Crippen LogP contribution in [0.3, 0.4) is 0 Å². The highest BCUT2D eigenvalue weighted by Gasteiger charge is 2.28. The molecule has 7 heteroatoms. The molecule has 1 saturated heterocycles. The number of carbonyl (C=O) groups is 1. The molecule has 0 saturated carbocycles. The Morgan fingerprint density at radius 2 is 1.81 bits per heavy atom. The minimum absolute atomic E-state index is 0.163. The lowest BCUT2D eigenvalue weighted by atomic mass is 10.1. The first-order chi connectivity index (χ1) is 12.4. The predicted molar refractivity (Wildman–Crippen MR) is 101 cm³/mol. The van der Waals surface area contributed by atoms with Crippen molar-refractivity contribution >= 4 is 26.9 Å². The molecule has 6 nitrogen and oxygen atoms in total. The summed E-state index contributed by atoms with van der Waals surface area (Å²) in [5, 5.41) is 0.679. The van der Waals surface area contributed by atoms with Crippen molar-refractivity contribution in [2.75, 3.05) is 26.2 Å². The topological polar surface area (TPSA) is 70.8 Å². The van der Waals surface area contributed by atoms with Crippen LogP contribution < -0.4 is 0 Å². The minimum Gasteiger partial charge on any atom is -0.451 e. The van der Waals surface area contributed by atoms with Crippen molar-refractivity contribution in [1.29, 1.82) is 0 Å². The lowest BCUT2D eigenvalue weighted by Crippen LogP contribution is -2.35. The SMILES string of the molecule is CCN(CC)C(=O)c1oc2ccc(S(=O)(=O)N3CCCCC3)cc2c1C. The molecule has 3 rings (SSSR count). The largest absolute Gasteiger partial charge is 0.451 e. The van der Waals surface area contributed by atoms with Gasteiger partial charge in [0.05, 0.1) is 4.90 Å². The summed E-state index contributed by atoms with van der Waals surface area (Å²) in [6.07, 6.45) is 2.87. The van der Waals surface area contributed by atoms with Crippen LogP contribution in [0.4, 0.5) is 0 Å². The number of carbonyl (C=O) groups excluding carboxylic acids is 1. The molecule has 1 aliphatic heterocycles. The van der Waals surface area contributed by atoms with Crippen LogP contribution in [0, 0.1) is 6.92 Å². The van der Waals surface area contributed by atoms with Crippen LogP contribution in [-0.4, -0.2) is 49.7 Å². The molecule has 0 aliphatic carbocycles. The number of fused-ring (bicyclic) bond motifs is 1. The maximum atomic E-state index is 12.9. The average Bonchev–Trinajstić information content (AvgIpc) is 2.99. The van der Waals surface area contributed by atoms with Gasteiger partial charge in [-0.1, -0.05) is 6.42 Å². The van der Waals surface area contributed by atoms with Gasteiger partial charge in [-0.3, -0.25) is 4.79 Å². The van der Waals surface area contributed by atoms with Crippen molar-refractivity contribution < 1.29 is 17.6 Å². The Balaban J connectivity index is 2.01. The van der Waals surface area contributed by atoms with E-state index in [-0.39, 0.29) is 16.6 Å². The highest BCUT2D eigenvalue weighted by Crippen LogP contribution is 2.30. The first kappa shape index (κ1) is 18.9. The molecule has 142 valence electrons. The molecule has 0 radical (unpaired) electrons. The summed E-state index contributed by atoms with van der Waals surface area (Å²) >= 11 is 0. The van der Waals surface area contributed by atoms with E-state index in [1.54, 1.807) is 34.3 Å². The lowest BCUT2D eigenvalue weighted by Gasteiger charge is -2.25. The molecule has 0 N–H and O–H groups in total. The monoisotopic (exact) mass is 378 g/mol. The van der Waals surface area contributed by atoms with Crippen LogP contribution in [0.1, 0.15) is 49.2 Å². The molecule has 0 unspecified atom stereocenters. The number of benzene rings is 1. The Morgan fingerprint density at radius 3 is 2.42 bits per heavy atom. The van der Waals surface area contributed by atoms with Crippen LogP contribution in [0.25, 0.3) is 11.0 Å². The first-order valence-electron chi connectivity index (χ1n) is 9.22. The molecule has 1 aliphatic rings. The fourth-order valence-electron chi connectivity index (χ4n) is 3.47. The lowest BCUT2D eigenvalue weighted by molar-refractivity contribution is 0.0742. The Morgan fingerprint density at radius 1 is 1.15 bits per heavy atom. The number of piperidine rings is 1. The van der Waals surface area contributed by atoms with Gasteiger partial charge in [0.2, 0.25) is 10.0 Å². The van der Waals surface area contributed by atoms with Gasteiger partial charge in [0.25, 0.3) is 5.91 Å². The summed E-state index contributed by atoms with van der Waals surface area (Å²) in [6.45, 7) is 7.97. The van der Waals surface area contributed by atoms with Crippen molar-refractivity contribution in [2.45, 2.75) is 44.9 Å². The molecular weight excluding hydrogens is 352 g/mol.